The molecular formula is C17H16FN3O. The van der Waals surface area contributed by atoms with Crippen molar-refractivity contribution in [3.63, 3.8) is 0 Å². The van der Waals surface area contributed by atoms with Crippen LogP contribution in [0, 0.1) is 5.82 Å². The number of anilines is 1. The number of hydrogen-bond acceptors (Lipinski definition) is 2. The summed E-state index contributed by atoms with van der Waals surface area (Å²) in [5.74, 6) is -0.671. The molecule has 0 bridgehead atoms. The van der Waals surface area contributed by atoms with Crippen molar-refractivity contribution >= 4 is 22.6 Å². The Hall–Kier alpha value is -2.69. The lowest BCUT2D eigenvalue weighted by molar-refractivity contribution is 0.102. The van der Waals surface area contributed by atoms with Crippen molar-refractivity contribution in [2.75, 3.05) is 5.32 Å². The van der Waals surface area contributed by atoms with E-state index in [-0.39, 0.29) is 11.7 Å². The second-order valence-electron chi connectivity index (χ2n) is 5.41. The first-order chi connectivity index (χ1) is 10.5. The van der Waals surface area contributed by atoms with Crippen LogP contribution in [0.15, 0.2) is 48.8 Å². The molecular weight excluding hydrogens is 281 g/mol. The molecule has 1 amide bonds. The Kier molecular flexibility index (Phi) is 3.63. The fourth-order valence-electron chi connectivity index (χ4n) is 2.35. The molecule has 22 heavy (non-hydrogen) atoms. The van der Waals surface area contributed by atoms with Gasteiger partial charge in [0.1, 0.15) is 5.82 Å². The maximum atomic E-state index is 13.1. The van der Waals surface area contributed by atoms with Gasteiger partial charge in [-0.1, -0.05) is 6.07 Å². The van der Waals surface area contributed by atoms with E-state index in [0.29, 0.717) is 17.3 Å². The van der Waals surface area contributed by atoms with Gasteiger partial charge in [0.25, 0.3) is 5.91 Å². The van der Waals surface area contributed by atoms with E-state index in [2.05, 4.69) is 24.1 Å². The third-order valence-corrected chi connectivity index (χ3v) is 3.48. The van der Waals surface area contributed by atoms with Gasteiger partial charge >= 0.3 is 0 Å². The van der Waals surface area contributed by atoms with E-state index in [1.807, 2.05) is 10.6 Å². The quantitative estimate of drug-likeness (QED) is 0.794. The number of rotatable bonds is 3. The molecule has 0 fully saturated rings. The molecule has 2 aromatic carbocycles. The Bertz CT molecular complexity index is 839. The molecule has 0 unspecified atom stereocenters. The van der Waals surface area contributed by atoms with Crippen molar-refractivity contribution < 1.29 is 9.18 Å². The van der Waals surface area contributed by atoms with Crippen LogP contribution in [0.4, 0.5) is 10.1 Å². The first-order valence-corrected chi connectivity index (χ1v) is 7.08. The predicted octanol–water partition coefficient (Wildman–Crippen LogP) is 4.01. The molecule has 0 spiro atoms. The number of nitrogens with one attached hydrogen (secondary N) is 1. The van der Waals surface area contributed by atoms with Gasteiger partial charge < -0.3 is 9.88 Å². The topological polar surface area (TPSA) is 46.9 Å². The second-order valence-corrected chi connectivity index (χ2v) is 5.41. The lowest BCUT2D eigenvalue weighted by Gasteiger charge is -2.08. The van der Waals surface area contributed by atoms with Gasteiger partial charge in [0, 0.05) is 17.3 Å². The Morgan fingerprint density at radius 2 is 2.05 bits per heavy atom. The molecule has 4 nitrogen and oxygen atoms in total. The number of hydrogen-bond donors (Lipinski definition) is 1. The molecule has 112 valence electrons. The summed E-state index contributed by atoms with van der Waals surface area (Å²) in [4.78, 5) is 16.6. The lowest BCUT2D eigenvalue weighted by atomic mass is 10.1. The third kappa shape index (κ3) is 2.70. The first kappa shape index (κ1) is 14.3. The number of carbonyl (C=O) groups excluding carboxylic acids is 1. The highest BCUT2D eigenvalue weighted by atomic mass is 19.1. The Balaban J connectivity index is 1.88. The van der Waals surface area contributed by atoms with Crippen LogP contribution >= 0.6 is 0 Å². The van der Waals surface area contributed by atoms with Crippen LogP contribution < -0.4 is 5.32 Å². The summed E-state index contributed by atoms with van der Waals surface area (Å²) in [7, 11) is 0. The summed E-state index contributed by atoms with van der Waals surface area (Å²) in [6, 6.07) is 11.5. The van der Waals surface area contributed by atoms with Crippen molar-refractivity contribution in [1.82, 2.24) is 9.55 Å². The fourth-order valence-corrected chi connectivity index (χ4v) is 2.35. The van der Waals surface area contributed by atoms with Crippen molar-refractivity contribution in [2.45, 2.75) is 19.9 Å². The minimum Gasteiger partial charge on any atom is -0.328 e. The zero-order chi connectivity index (χ0) is 15.7. The number of aromatic nitrogens is 2. The molecule has 0 saturated heterocycles. The number of benzene rings is 2. The lowest BCUT2D eigenvalue weighted by Crippen LogP contribution is -2.12. The first-order valence-electron chi connectivity index (χ1n) is 7.08. The van der Waals surface area contributed by atoms with Gasteiger partial charge in [-0.15, -0.1) is 0 Å². The Labute approximate surface area is 127 Å². The predicted molar refractivity (Wildman–Crippen MR) is 84.5 cm³/mol. The SMILES string of the molecule is CC(C)n1cnc2cc(C(=O)Nc3cccc(F)c3)ccc21. The summed E-state index contributed by atoms with van der Waals surface area (Å²) in [5, 5.41) is 2.68. The highest BCUT2D eigenvalue weighted by molar-refractivity contribution is 6.05. The van der Waals surface area contributed by atoms with Gasteiger partial charge in [0.2, 0.25) is 0 Å². The highest BCUT2D eigenvalue weighted by Gasteiger charge is 2.11. The molecule has 0 aliphatic carbocycles. The van der Waals surface area contributed by atoms with Crippen LogP contribution in [0.3, 0.4) is 0 Å². The van der Waals surface area contributed by atoms with Crippen molar-refractivity contribution in [1.29, 1.82) is 0 Å². The molecule has 1 heterocycles. The van der Waals surface area contributed by atoms with E-state index in [1.165, 1.54) is 12.1 Å². The molecule has 0 saturated carbocycles. The maximum absolute atomic E-state index is 13.1. The van der Waals surface area contributed by atoms with Crippen LogP contribution in [0.1, 0.15) is 30.2 Å². The fraction of sp³-hybridized carbons (Fsp3) is 0.176. The van der Waals surface area contributed by atoms with E-state index >= 15 is 0 Å². The number of nitrogens with zero attached hydrogens (tertiary/aromatic N) is 2. The maximum Gasteiger partial charge on any atom is 0.255 e. The third-order valence-electron chi connectivity index (χ3n) is 3.48. The molecule has 3 aromatic rings. The van der Waals surface area contributed by atoms with Gasteiger partial charge in [-0.3, -0.25) is 4.79 Å². The highest BCUT2D eigenvalue weighted by Crippen LogP contribution is 2.19. The van der Waals surface area contributed by atoms with E-state index in [0.717, 1.165) is 11.0 Å². The van der Waals surface area contributed by atoms with Crippen LogP contribution in [-0.2, 0) is 0 Å². The molecule has 0 atom stereocenters. The van der Waals surface area contributed by atoms with Crippen molar-refractivity contribution in [2.24, 2.45) is 0 Å². The molecule has 0 radical (unpaired) electrons. The van der Waals surface area contributed by atoms with Gasteiger partial charge in [0.15, 0.2) is 0 Å². The van der Waals surface area contributed by atoms with Gasteiger partial charge in [-0.2, -0.15) is 0 Å². The molecule has 5 heteroatoms. The van der Waals surface area contributed by atoms with Crippen molar-refractivity contribution in [3.05, 3.63) is 60.2 Å². The second kappa shape index (κ2) is 5.60. The van der Waals surface area contributed by atoms with E-state index in [4.69, 9.17) is 0 Å². The standard InChI is InChI=1S/C17H16FN3O/c1-11(2)21-10-19-15-8-12(6-7-16(15)21)17(22)20-14-5-3-4-13(18)9-14/h3-11H,1-2H3,(H,20,22). The average molecular weight is 297 g/mol. The average Bonchev–Trinajstić information content (AvgIpc) is 2.90. The largest absolute Gasteiger partial charge is 0.328 e. The van der Waals surface area contributed by atoms with Gasteiger partial charge in [0.05, 0.1) is 17.4 Å². The molecule has 3 rings (SSSR count). The van der Waals surface area contributed by atoms with Crippen LogP contribution in [0.5, 0.6) is 0 Å². The summed E-state index contributed by atoms with van der Waals surface area (Å²) < 4.78 is 15.2. The molecule has 0 aliphatic rings. The molecule has 1 N–H and O–H groups in total. The summed E-state index contributed by atoms with van der Waals surface area (Å²) in [6.07, 6.45) is 1.77. The molecule has 0 aliphatic heterocycles. The number of amides is 1. The monoisotopic (exact) mass is 297 g/mol. The van der Waals surface area contributed by atoms with Crippen LogP contribution in [0.25, 0.3) is 11.0 Å². The number of imidazole rings is 1. The Morgan fingerprint density at radius 3 is 2.77 bits per heavy atom. The summed E-state index contributed by atoms with van der Waals surface area (Å²) in [5.41, 5.74) is 2.67. The number of carbonyl (C=O) groups is 1. The smallest absolute Gasteiger partial charge is 0.255 e. The van der Waals surface area contributed by atoms with E-state index in [9.17, 15) is 9.18 Å². The van der Waals surface area contributed by atoms with Crippen LogP contribution in [-0.4, -0.2) is 15.5 Å². The zero-order valence-corrected chi connectivity index (χ0v) is 12.4. The Morgan fingerprint density at radius 1 is 1.23 bits per heavy atom. The molecule has 1 aromatic heterocycles. The van der Waals surface area contributed by atoms with Gasteiger partial charge in [-0.25, -0.2) is 9.37 Å². The van der Waals surface area contributed by atoms with Crippen molar-refractivity contribution in [3.8, 4) is 0 Å². The normalized spacial score (nSPS) is 11.1. The minimum absolute atomic E-state index is 0.286. The van der Waals surface area contributed by atoms with Crippen LogP contribution in [0.2, 0.25) is 0 Å². The van der Waals surface area contributed by atoms with E-state index in [1.54, 1.807) is 30.6 Å². The van der Waals surface area contributed by atoms with E-state index < -0.39 is 0 Å². The summed E-state index contributed by atoms with van der Waals surface area (Å²) in [6.45, 7) is 4.15. The number of halogens is 1. The van der Waals surface area contributed by atoms with Gasteiger partial charge in [-0.05, 0) is 50.2 Å². The number of fused-ring (bicyclic) bond motifs is 1. The summed E-state index contributed by atoms with van der Waals surface area (Å²) >= 11 is 0. The minimum atomic E-state index is -0.385. The zero-order valence-electron chi connectivity index (χ0n) is 12.4.